The molecule has 0 spiro atoms. The van der Waals surface area contributed by atoms with Crippen LogP contribution in [0.25, 0.3) is 0 Å². The topological polar surface area (TPSA) is 52.6 Å². The highest BCUT2D eigenvalue weighted by Gasteiger charge is 2.21. The standard InChI is InChI=1S/C15H19F3N2O2/c16-12-7-11(8-13(17)14(12)18)1-4-19-15(22)20-5-2-10(9-21)3-6-20/h7-8,10,21H,1-6,9H2,(H,19,22). The van der Waals surface area contributed by atoms with E-state index in [1.54, 1.807) is 4.90 Å². The number of likely N-dealkylation sites (tertiary alicyclic amines) is 1. The molecule has 0 aromatic heterocycles. The van der Waals surface area contributed by atoms with Gasteiger partial charge in [0.15, 0.2) is 17.5 Å². The number of hydrogen-bond acceptors (Lipinski definition) is 2. The van der Waals surface area contributed by atoms with Crippen LogP contribution in [0.15, 0.2) is 12.1 Å². The summed E-state index contributed by atoms with van der Waals surface area (Å²) in [6, 6.07) is 1.62. The van der Waals surface area contributed by atoms with Gasteiger partial charge in [0, 0.05) is 26.2 Å². The summed E-state index contributed by atoms with van der Waals surface area (Å²) in [6.45, 7) is 1.51. The molecule has 0 atom stereocenters. The molecule has 7 heteroatoms. The van der Waals surface area contributed by atoms with Crippen LogP contribution in [0, 0.1) is 23.4 Å². The van der Waals surface area contributed by atoms with Gasteiger partial charge in [-0.05, 0) is 42.9 Å². The maximum atomic E-state index is 13.1. The monoisotopic (exact) mass is 316 g/mol. The van der Waals surface area contributed by atoms with E-state index in [9.17, 15) is 18.0 Å². The molecule has 1 aromatic carbocycles. The van der Waals surface area contributed by atoms with Crippen LogP contribution in [0.3, 0.4) is 0 Å². The Morgan fingerprint density at radius 3 is 2.36 bits per heavy atom. The molecule has 1 fully saturated rings. The maximum absolute atomic E-state index is 13.1. The van der Waals surface area contributed by atoms with Gasteiger partial charge in [-0.25, -0.2) is 18.0 Å². The lowest BCUT2D eigenvalue weighted by molar-refractivity contribution is 0.137. The van der Waals surface area contributed by atoms with Crippen LogP contribution in [0.1, 0.15) is 18.4 Å². The van der Waals surface area contributed by atoms with Crippen LogP contribution in [0.4, 0.5) is 18.0 Å². The largest absolute Gasteiger partial charge is 0.396 e. The molecule has 1 aromatic rings. The van der Waals surface area contributed by atoms with Crippen LogP contribution in [0.2, 0.25) is 0 Å². The third-order valence-electron chi connectivity index (χ3n) is 3.89. The molecule has 2 rings (SSSR count). The Morgan fingerprint density at radius 2 is 1.82 bits per heavy atom. The summed E-state index contributed by atoms with van der Waals surface area (Å²) >= 11 is 0. The Morgan fingerprint density at radius 1 is 1.23 bits per heavy atom. The number of piperidine rings is 1. The van der Waals surface area contributed by atoms with Gasteiger partial charge in [-0.1, -0.05) is 0 Å². The Labute approximate surface area is 126 Å². The number of nitrogens with zero attached hydrogens (tertiary/aromatic N) is 1. The number of benzene rings is 1. The van der Waals surface area contributed by atoms with Gasteiger partial charge in [-0.15, -0.1) is 0 Å². The number of amides is 2. The Balaban J connectivity index is 1.78. The SMILES string of the molecule is O=C(NCCc1cc(F)c(F)c(F)c1)N1CCC(CO)CC1. The molecule has 2 N–H and O–H groups in total. The summed E-state index contributed by atoms with van der Waals surface area (Å²) in [5, 5.41) is 11.7. The summed E-state index contributed by atoms with van der Waals surface area (Å²) in [5.41, 5.74) is 0.288. The van der Waals surface area contributed by atoms with Crippen molar-refractivity contribution in [3.05, 3.63) is 35.1 Å². The maximum Gasteiger partial charge on any atom is 0.317 e. The predicted molar refractivity (Wildman–Crippen MR) is 74.8 cm³/mol. The third-order valence-corrected chi connectivity index (χ3v) is 3.89. The van der Waals surface area contributed by atoms with Crippen molar-refractivity contribution in [2.75, 3.05) is 26.2 Å². The predicted octanol–water partition coefficient (Wildman–Crippen LogP) is 2.06. The van der Waals surface area contributed by atoms with E-state index in [0.29, 0.717) is 13.1 Å². The number of halogens is 3. The average Bonchev–Trinajstić information content (AvgIpc) is 2.52. The molecule has 22 heavy (non-hydrogen) atoms. The first-order valence-electron chi connectivity index (χ1n) is 7.28. The van der Waals surface area contributed by atoms with E-state index in [-0.39, 0.29) is 37.1 Å². The number of nitrogens with one attached hydrogen (secondary N) is 1. The van der Waals surface area contributed by atoms with E-state index < -0.39 is 17.5 Å². The average molecular weight is 316 g/mol. The van der Waals surface area contributed by atoms with E-state index in [2.05, 4.69) is 5.32 Å². The molecule has 122 valence electrons. The molecule has 2 amide bonds. The minimum atomic E-state index is -1.49. The first-order valence-corrected chi connectivity index (χ1v) is 7.28. The Hall–Kier alpha value is -1.76. The van der Waals surface area contributed by atoms with Gasteiger partial charge in [0.25, 0.3) is 0 Å². The van der Waals surface area contributed by atoms with Gasteiger partial charge in [0.2, 0.25) is 0 Å². The van der Waals surface area contributed by atoms with Crippen molar-refractivity contribution in [1.82, 2.24) is 10.2 Å². The van der Waals surface area contributed by atoms with E-state index in [0.717, 1.165) is 25.0 Å². The van der Waals surface area contributed by atoms with Crippen molar-refractivity contribution in [1.29, 1.82) is 0 Å². The van der Waals surface area contributed by atoms with E-state index >= 15 is 0 Å². The van der Waals surface area contributed by atoms with Crippen LogP contribution in [-0.4, -0.2) is 42.3 Å². The number of aliphatic hydroxyl groups excluding tert-OH is 1. The minimum Gasteiger partial charge on any atom is -0.396 e. The molecule has 1 aliphatic rings. The highest BCUT2D eigenvalue weighted by atomic mass is 19.2. The quantitative estimate of drug-likeness (QED) is 0.836. The lowest BCUT2D eigenvalue weighted by atomic mass is 9.98. The molecule has 1 heterocycles. The number of carbonyl (C=O) groups excluding carboxylic acids is 1. The molecular formula is C15H19F3N2O2. The summed E-state index contributed by atoms with van der Waals surface area (Å²) < 4.78 is 38.9. The number of carbonyl (C=O) groups is 1. The third kappa shape index (κ3) is 4.13. The van der Waals surface area contributed by atoms with E-state index in [1.807, 2.05) is 0 Å². The van der Waals surface area contributed by atoms with E-state index in [1.165, 1.54) is 0 Å². The molecule has 0 radical (unpaired) electrons. The normalized spacial score (nSPS) is 15.9. The zero-order chi connectivity index (χ0) is 16.1. The number of hydrogen-bond donors (Lipinski definition) is 2. The molecule has 0 aliphatic carbocycles. The van der Waals surface area contributed by atoms with Crippen molar-refractivity contribution in [3.63, 3.8) is 0 Å². The first-order chi connectivity index (χ1) is 10.5. The lowest BCUT2D eigenvalue weighted by Crippen LogP contribution is -2.45. The Kier molecular flexibility index (Phi) is 5.65. The van der Waals surface area contributed by atoms with Crippen LogP contribution in [-0.2, 0) is 6.42 Å². The fraction of sp³-hybridized carbons (Fsp3) is 0.533. The summed E-state index contributed by atoms with van der Waals surface area (Å²) in [6.07, 6.45) is 1.74. The van der Waals surface area contributed by atoms with Crippen molar-refractivity contribution in [2.45, 2.75) is 19.3 Å². The number of urea groups is 1. The van der Waals surface area contributed by atoms with Gasteiger partial charge in [-0.3, -0.25) is 0 Å². The highest BCUT2D eigenvalue weighted by Crippen LogP contribution is 2.16. The summed E-state index contributed by atoms with van der Waals surface area (Å²) in [5.74, 6) is -3.70. The molecule has 0 unspecified atom stereocenters. The van der Waals surface area contributed by atoms with E-state index in [4.69, 9.17) is 5.11 Å². The van der Waals surface area contributed by atoms with Crippen LogP contribution < -0.4 is 5.32 Å². The molecule has 0 saturated carbocycles. The Bertz CT molecular complexity index is 509. The number of rotatable bonds is 4. The summed E-state index contributed by atoms with van der Waals surface area (Å²) in [4.78, 5) is 13.6. The zero-order valence-electron chi connectivity index (χ0n) is 12.1. The van der Waals surface area contributed by atoms with Gasteiger partial charge < -0.3 is 15.3 Å². The molecule has 4 nitrogen and oxygen atoms in total. The lowest BCUT2D eigenvalue weighted by Gasteiger charge is -2.31. The van der Waals surface area contributed by atoms with Gasteiger partial charge in [0.05, 0.1) is 0 Å². The second-order valence-corrected chi connectivity index (χ2v) is 5.47. The molecule has 0 bridgehead atoms. The van der Waals surface area contributed by atoms with Gasteiger partial charge >= 0.3 is 6.03 Å². The van der Waals surface area contributed by atoms with Gasteiger partial charge in [-0.2, -0.15) is 0 Å². The molecule has 1 saturated heterocycles. The highest BCUT2D eigenvalue weighted by molar-refractivity contribution is 5.74. The second-order valence-electron chi connectivity index (χ2n) is 5.47. The van der Waals surface area contributed by atoms with Crippen molar-refractivity contribution >= 4 is 6.03 Å². The van der Waals surface area contributed by atoms with Crippen LogP contribution in [0.5, 0.6) is 0 Å². The number of aliphatic hydroxyl groups is 1. The molecular weight excluding hydrogens is 297 g/mol. The smallest absolute Gasteiger partial charge is 0.317 e. The van der Waals surface area contributed by atoms with Crippen molar-refractivity contribution < 1.29 is 23.1 Å². The van der Waals surface area contributed by atoms with Gasteiger partial charge in [0.1, 0.15) is 0 Å². The zero-order valence-corrected chi connectivity index (χ0v) is 12.1. The summed E-state index contributed by atoms with van der Waals surface area (Å²) in [7, 11) is 0. The van der Waals surface area contributed by atoms with Crippen LogP contribution >= 0.6 is 0 Å². The van der Waals surface area contributed by atoms with Crippen molar-refractivity contribution in [3.8, 4) is 0 Å². The fourth-order valence-corrected chi connectivity index (χ4v) is 2.50. The minimum absolute atomic E-state index is 0.136. The molecule has 1 aliphatic heterocycles. The first kappa shape index (κ1) is 16.6. The fourth-order valence-electron chi connectivity index (χ4n) is 2.50. The van der Waals surface area contributed by atoms with Crippen molar-refractivity contribution in [2.24, 2.45) is 5.92 Å². The second kappa shape index (κ2) is 7.49.